The van der Waals surface area contributed by atoms with Crippen LogP contribution in [0.25, 0.3) is 0 Å². The van der Waals surface area contributed by atoms with E-state index in [0.717, 1.165) is 4.88 Å². The Balaban J connectivity index is 2.75. The van der Waals surface area contributed by atoms with Crippen molar-refractivity contribution in [1.29, 1.82) is 0 Å². The third-order valence-electron chi connectivity index (χ3n) is 1.51. The van der Waals surface area contributed by atoms with E-state index in [1.807, 2.05) is 19.9 Å². The highest BCUT2D eigenvalue weighted by atomic mass is 32.1. The number of carbonyl (C=O) groups is 1. The molecule has 1 heterocycles. The minimum absolute atomic E-state index is 0.170. The molecule has 66 valence electrons. The summed E-state index contributed by atoms with van der Waals surface area (Å²) in [5.74, 6) is 0.542. The van der Waals surface area contributed by atoms with Gasteiger partial charge in [0.25, 0.3) is 0 Å². The summed E-state index contributed by atoms with van der Waals surface area (Å²) in [5, 5.41) is 0. The Morgan fingerprint density at radius 1 is 1.58 bits per heavy atom. The van der Waals surface area contributed by atoms with E-state index in [1.54, 1.807) is 18.3 Å². The summed E-state index contributed by atoms with van der Waals surface area (Å²) < 4.78 is 5.09. The van der Waals surface area contributed by atoms with E-state index in [2.05, 4.69) is 0 Å². The maximum Gasteiger partial charge on any atom is 0.310 e. The first-order valence-corrected chi connectivity index (χ1v) is 4.73. The maximum absolute atomic E-state index is 10.9. The number of thiophene rings is 1. The number of ether oxygens (including phenoxy) is 1. The Labute approximate surface area is 76.2 Å². The van der Waals surface area contributed by atoms with E-state index in [0.29, 0.717) is 12.2 Å². The predicted molar refractivity (Wildman–Crippen MR) is 49.7 cm³/mol. The van der Waals surface area contributed by atoms with E-state index in [9.17, 15) is 4.79 Å². The first kappa shape index (κ1) is 9.26. The highest BCUT2D eigenvalue weighted by Gasteiger charge is 2.07. The Morgan fingerprint density at radius 2 is 2.25 bits per heavy atom. The van der Waals surface area contributed by atoms with E-state index in [-0.39, 0.29) is 5.97 Å². The zero-order valence-electron chi connectivity index (χ0n) is 7.51. The summed E-state index contributed by atoms with van der Waals surface area (Å²) in [7, 11) is 0. The van der Waals surface area contributed by atoms with Gasteiger partial charge in [-0.2, -0.15) is 0 Å². The largest absolute Gasteiger partial charge is 0.425 e. The fraction of sp³-hybridized carbons (Fsp3) is 0.444. The lowest BCUT2D eigenvalue weighted by Crippen LogP contribution is -2.05. The van der Waals surface area contributed by atoms with Gasteiger partial charge in [0.05, 0.1) is 0 Å². The van der Waals surface area contributed by atoms with Gasteiger partial charge in [0.15, 0.2) is 0 Å². The minimum atomic E-state index is -0.170. The standard InChI is InChI=1S/C9H12O2S/c1-4-9(10)11-8-5-6(2)12-7(8)3/h5H,4H2,1-3H3. The van der Waals surface area contributed by atoms with Crippen LogP contribution in [-0.4, -0.2) is 5.97 Å². The zero-order valence-corrected chi connectivity index (χ0v) is 8.33. The molecule has 0 bridgehead atoms. The van der Waals surface area contributed by atoms with Crippen LogP contribution in [0.2, 0.25) is 0 Å². The summed E-state index contributed by atoms with van der Waals surface area (Å²) in [5.41, 5.74) is 0. The van der Waals surface area contributed by atoms with E-state index in [4.69, 9.17) is 4.74 Å². The molecule has 1 aromatic rings. The van der Waals surface area contributed by atoms with Crippen molar-refractivity contribution in [2.45, 2.75) is 27.2 Å². The summed E-state index contributed by atoms with van der Waals surface area (Å²) >= 11 is 1.64. The van der Waals surface area contributed by atoms with Gasteiger partial charge in [0.1, 0.15) is 5.75 Å². The Morgan fingerprint density at radius 3 is 2.67 bits per heavy atom. The van der Waals surface area contributed by atoms with Crippen LogP contribution in [0.4, 0.5) is 0 Å². The van der Waals surface area contributed by atoms with Crippen molar-refractivity contribution in [3.05, 3.63) is 15.8 Å². The topological polar surface area (TPSA) is 26.3 Å². The van der Waals surface area contributed by atoms with Gasteiger partial charge in [-0.1, -0.05) is 6.92 Å². The molecule has 0 N–H and O–H groups in total. The van der Waals surface area contributed by atoms with Crippen LogP contribution in [0.5, 0.6) is 5.75 Å². The molecule has 0 aromatic carbocycles. The number of aryl methyl sites for hydroxylation is 2. The normalized spacial score (nSPS) is 9.92. The van der Waals surface area contributed by atoms with Crippen molar-refractivity contribution in [3.63, 3.8) is 0 Å². The second-order valence-electron chi connectivity index (χ2n) is 2.61. The van der Waals surface area contributed by atoms with Crippen LogP contribution < -0.4 is 4.74 Å². The highest BCUT2D eigenvalue weighted by molar-refractivity contribution is 7.12. The van der Waals surface area contributed by atoms with Crippen molar-refractivity contribution in [1.82, 2.24) is 0 Å². The molecule has 0 atom stereocenters. The SMILES string of the molecule is CCC(=O)Oc1cc(C)sc1C. The number of hydrogen-bond donors (Lipinski definition) is 0. The third-order valence-corrected chi connectivity index (χ3v) is 2.46. The van der Waals surface area contributed by atoms with Gasteiger partial charge >= 0.3 is 5.97 Å². The minimum Gasteiger partial charge on any atom is -0.425 e. The van der Waals surface area contributed by atoms with Crippen LogP contribution in [0, 0.1) is 13.8 Å². The Bertz CT molecular complexity index is 289. The molecule has 0 radical (unpaired) electrons. The van der Waals surface area contributed by atoms with Crippen LogP contribution in [0.15, 0.2) is 6.07 Å². The molecule has 1 aromatic heterocycles. The molecular formula is C9H12O2S. The van der Waals surface area contributed by atoms with Gasteiger partial charge in [-0.3, -0.25) is 4.79 Å². The molecule has 1 rings (SSSR count). The molecule has 0 saturated carbocycles. The first-order chi connectivity index (χ1) is 5.63. The quantitative estimate of drug-likeness (QED) is 0.660. The molecule has 2 nitrogen and oxygen atoms in total. The zero-order chi connectivity index (χ0) is 9.14. The highest BCUT2D eigenvalue weighted by Crippen LogP contribution is 2.27. The fourth-order valence-corrected chi connectivity index (χ4v) is 1.75. The lowest BCUT2D eigenvalue weighted by molar-refractivity contribution is -0.134. The van der Waals surface area contributed by atoms with E-state index >= 15 is 0 Å². The molecule has 0 amide bonds. The second-order valence-corrected chi connectivity index (χ2v) is 4.07. The molecule has 0 spiro atoms. The molecule has 0 saturated heterocycles. The predicted octanol–water partition coefficient (Wildman–Crippen LogP) is 2.68. The third kappa shape index (κ3) is 2.08. The molecule has 0 aliphatic rings. The van der Waals surface area contributed by atoms with Gasteiger partial charge < -0.3 is 4.74 Å². The molecule has 0 fully saturated rings. The van der Waals surface area contributed by atoms with E-state index in [1.165, 1.54) is 4.88 Å². The van der Waals surface area contributed by atoms with Gasteiger partial charge in [0, 0.05) is 16.2 Å². The van der Waals surface area contributed by atoms with Crippen LogP contribution in [-0.2, 0) is 4.79 Å². The van der Waals surface area contributed by atoms with Crippen molar-refractivity contribution in [2.75, 3.05) is 0 Å². The molecule has 12 heavy (non-hydrogen) atoms. The summed E-state index contributed by atoms with van der Waals surface area (Å²) in [6.07, 6.45) is 0.425. The number of rotatable bonds is 2. The molecule has 3 heteroatoms. The smallest absolute Gasteiger partial charge is 0.310 e. The van der Waals surface area contributed by atoms with E-state index < -0.39 is 0 Å². The molecule has 0 unspecified atom stereocenters. The van der Waals surface area contributed by atoms with Crippen LogP contribution in [0.1, 0.15) is 23.1 Å². The van der Waals surface area contributed by atoms with Crippen molar-refractivity contribution in [3.8, 4) is 5.75 Å². The van der Waals surface area contributed by atoms with Gasteiger partial charge in [0.2, 0.25) is 0 Å². The lowest BCUT2D eigenvalue weighted by Gasteiger charge is -1.99. The van der Waals surface area contributed by atoms with Crippen molar-refractivity contribution in [2.24, 2.45) is 0 Å². The number of carbonyl (C=O) groups excluding carboxylic acids is 1. The molecule has 0 aliphatic heterocycles. The average molecular weight is 184 g/mol. The average Bonchev–Trinajstić information content (AvgIpc) is 2.30. The van der Waals surface area contributed by atoms with Crippen LogP contribution >= 0.6 is 11.3 Å². The van der Waals surface area contributed by atoms with Gasteiger partial charge in [-0.05, 0) is 19.9 Å². The number of hydrogen-bond acceptors (Lipinski definition) is 3. The lowest BCUT2D eigenvalue weighted by atomic mass is 10.4. The molecule has 0 aliphatic carbocycles. The van der Waals surface area contributed by atoms with Crippen LogP contribution in [0.3, 0.4) is 0 Å². The van der Waals surface area contributed by atoms with Crippen molar-refractivity contribution < 1.29 is 9.53 Å². The summed E-state index contributed by atoms with van der Waals surface area (Å²) in [6, 6.07) is 1.90. The van der Waals surface area contributed by atoms with Gasteiger partial charge in [-0.25, -0.2) is 0 Å². The fourth-order valence-electron chi connectivity index (χ4n) is 0.904. The summed E-state index contributed by atoms with van der Waals surface area (Å²) in [6.45, 7) is 5.74. The van der Waals surface area contributed by atoms with Crippen molar-refractivity contribution >= 4 is 17.3 Å². The number of esters is 1. The Hall–Kier alpha value is -0.830. The summed E-state index contributed by atoms with van der Waals surface area (Å²) in [4.78, 5) is 13.2. The van der Waals surface area contributed by atoms with Gasteiger partial charge in [-0.15, -0.1) is 11.3 Å². The monoisotopic (exact) mass is 184 g/mol. The Kier molecular flexibility index (Phi) is 2.87. The second kappa shape index (κ2) is 3.72. The maximum atomic E-state index is 10.9. The first-order valence-electron chi connectivity index (χ1n) is 3.91. The molecular weight excluding hydrogens is 172 g/mol.